The Morgan fingerprint density at radius 3 is 3.00 bits per heavy atom. The largest absolute Gasteiger partial charge is 0.493 e. The molecule has 0 saturated heterocycles. The first-order valence-corrected chi connectivity index (χ1v) is 6.89. The van der Waals surface area contributed by atoms with E-state index in [-0.39, 0.29) is 6.61 Å². The number of aromatic nitrogens is 1. The van der Waals surface area contributed by atoms with Crippen LogP contribution in [-0.2, 0) is 19.4 Å². The number of nitrogens with zero attached hydrogens (tertiary/aromatic N) is 1. The maximum atomic E-state index is 8.95. The van der Waals surface area contributed by atoms with Crippen LogP contribution in [0.1, 0.15) is 22.4 Å². The molecule has 18 heavy (non-hydrogen) atoms. The summed E-state index contributed by atoms with van der Waals surface area (Å²) in [5.74, 6) is 0.910. The lowest BCUT2D eigenvalue weighted by Crippen LogP contribution is -2.01. The summed E-state index contributed by atoms with van der Waals surface area (Å²) in [6, 6.07) is 8.16. The number of aliphatic hydroxyl groups is 1. The summed E-state index contributed by atoms with van der Waals surface area (Å²) in [6.45, 7) is 2.81. The van der Waals surface area contributed by atoms with E-state index in [1.54, 1.807) is 6.20 Å². The smallest absolute Gasteiger partial charge is 0.119 e. The standard InChI is InChI=1S/C14H17NO2S/c1-2-11-4-3-5-12(8-11)17-7-6-14-15-9-13(10-16)18-14/h3-5,8-9,16H,2,6-7,10H2,1H3. The molecule has 0 radical (unpaired) electrons. The molecule has 0 atom stereocenters. The topological polar surface area (TPSA) is 42.4 Å². The lowest BCUT2D eigenvalue weighted by atomic mass is 10.2. The maximum Gasteiger partial charge on any atom is 0.119 e. The Morgan fingerprint density at radius 2 is 2.28 bits per heavy atom. The maximum absolute atomic E-state index is 8.95. The van der Waals surface area contributed by atoms with E-state index in [4.69, 9.17) is 9.84 Å². The zero-order valence-electron chi connectivity index (χ0n) is 10.4. The van der Waals surface area contributed by atoms with E-state index in [9.17, 15) is 0 Å². The van der Waals surface area contributed by atoms with Crippen LogP contribution in [0.5, 0.6) is 5.75 Å². The second-order valence-corrected chi connectivity index (χ2v) is 5.18. The summed E-state index contributed by atoms with van der Waals surface area (Å²) in [7, 11) is 0. The van der Waals surface area contributed by atoms with Gasteiger partial charge in [-0.3, -0.25) is 0 Å². The predicted octanol–water partition coefficient (Wildman–Crippen LogP) is 2.82. The van der Waals surface area contributed by atoms with Crippen LogP contribution in [0.2, 0.25) is 0 Å². The van der Waals surface area contributed by atoms with Gasteiger partial charge < -0.3 is 9.84 Å². The molecular formula is C14H17NO2S. The number of benzene rings is 1. The quantitative estimate of drug-likeness (QED) is 0.871. The van der Waals surface area contributed by atoms with Crippen LogP contribution in [-0.4, -0.2) is 16.7 Å². The Bertz CT molecular complexity index is 496. The molecule has 0 aliphatic rings. The highest BCUT2D eigenvalue weighted by atomic mass is 32.1. The molecule has 0 bridgehead atoms. The number of hydrogen-bond donors (Lipinski definition) is 1. The third-order valence-corrected chi connectivity index (χ3v) is 3.69. The van der Waals surface area contributed by atoms with Gasteiger partial charge in [-0.25, -0.2) is 4.98 Å². The molecule has 1 aromatic heterocycles. The van der Waals surface area contributed by atoms with Crippen LogP contribution in [0.15, 0.2) is 30.5 Å². The summed E-state index contributed by atoms with van der Waals surface area (Å²) in [6.07, 6.45) is 3.52. The van der Waals surface area contributed by atoms with Crippen LogP contribution >= 0.6 is 11.3 Å². The summed E-state index contributed by atoms with van der Waals surface area (Å²) in [5.41, 5.74) is 1.28. The number of aliphatic hydroxyl groups excluding tert-OH is 1. The van der Waals surface area contributed by atoms with Crippen LogP contribution in [0.25, 0.3) is 0 Å². The SMILES string of the molecule is CCc1cccc(OCCc2ncc(CO)s2)c1. The molecule has 0 saturated carbocycles. The summed E-state index contributed by atoms with van der Waals surface area (Å²) < 4.78 is 5.70. The summed E-state index contributed by atoms with van der Waals surface area (Å²) >= 11 is 1.53. The fraction of sp³-hybridized carbons (Fsp3) is 0.357. The van der Waals surface area contributed by atoms with Crippen LogP contribution in [0, 0.1) is 0 Å². The molecule has 0 spiro atoms. The molecule has 2 rings (SSSR count). The van der Waals surface area contributed by atoms with Gasteiger partial charge in [0.2, 0.25) is 0 Å². The van der Waals surface area contributed by atoms with E-state index in [2.05, 4.69) is 24.0 Å². The van der Waals surface area contributed by atoms with Crippen molar-refractivity contribution in [2.75, 3.05) is 6.61 Å². The van der Waals surface area contributed by atoms with Gasteiger partial charge in [-0.2, -0.15) is 0 Å². The van der Waals surface area contributed by atoms with Crippen molar-refractivity contribution in [1.82, 2.24) is 4.98 Å². The Hall–Kier alpha value is -1.39. The highest BCUT2D eigenvalue weighted by molar-refractivity contribution is 7.11. The molecule has 1 aromatic carbocycles. The Morgan fingerprint density at radius 1 is 1.39 bits per heavy atom. The first kappa shape index (κ1) is 13.1. The van der Waals surface area contributed by atoms with Gasteiger partial charge in [0.25, 0.3) is 0 Å². The number of hydrogen-bond acceptors (Lipinski definition) is 4. The van der Waals surface area contributed by atoms with E-state index in [0.29, 0.717) is 6.61 Å². The van der Waals surface area contributed by atoms with Crippen molar-refractivity contribution in [2.45, 2.75) is 26.4 Å². The third-order valence-electron chi connectivity index (χ3n) is 2.65. The Labute approximate surface area is 111 Å². The fourth-order valence-electron chi connectivity index (χ4n) is 1.65. The van der Waals surface area contributed by atoms with Crippen molar-refractivity contribution in [3.63, 3.8) is 0 Å². The van der Waals surface area contributed by atoms with E-state index >= 15 is 0 Å². The van der Waals surface area contributed by atoms with Crippen molar-refractivity contribution in [3.8, 4) is 5.75 Å². The molecule has 0 aliphatic heterocycles. The Balaban J connectivity index is 1.84. The highest BCUT2D eigenvalue weighted by Crippen LogP contribution is 2.16. The van der Waals surface area contributed by atoms with Gasteiger partial charge in [0.05, 0.1) is 23.1 Å². The molecule has 0 aliphatic carbocycles. The summed E-state index contributed by atoms with van der Waals surface area (Å²) in [5, 5.41) is 9.96. The molecule has 4 heteroatoms. The van der Waals surface area contributed by atoms with E-state index in [1.165, 1.54) is 16.9 Å². The minimum Gasteiger partial charge on any atom is -0.493 e. The van der Waals surface area contributed by atoms with Gasteiger partial charge >= 0.3 is 0 Å². The second-order valence-electron chi connectivity index (χ2n) is 3.98. The number of ether oxygens (including phenoxy) is 1. The van der Waals surface area contributed by atoms with Crippen molar-refractivity contribution in [2.24, 2.45) is 0 Å². The van der Waals surface area contributed by atoms with Crippen molar-refractivity contribution in [1.29, 1.82) is 0 Å². The molecule has 0 fully saturated rings. The molecule has 2 aromatic rings. The fourth-order valence-corrected chi connectivity index (χ4v) is 2.41. The van der Waals surface area contributed by atoms with Gasteiger partial charge in [-0.15, -0.1) is 11.3 Å². The van der Waals surface area contributed by atoms with Gasteiger partial charge in [-0.05, 0) is 24.1 Å². The molecule has 1 N–H and O–H groups in total. The molecule has 96 valence electrons. The second kappa shape index (κ2) is 6.52. The van der Waals surface area contributed by atoms with Crippen LogP contribution in [0.4, 0.5) is 0 Å². The van der Waals surface area contributed by atoms with Gasteiger partial charge in [-0.1, -0.05) is 19.1 Å². The minimum absolute atomic E-state index is 0.0665. The Kier molecular flexibility index (Phi) is 4.73. The average Bonchev–Trinajstić information content (AvgIpc) is 2.87. The van der Waals surface area contributed by atoms with Gasteiger partial charge in [0.1, 0.15) is 5.75 Å². The lowest BCUT2D eigenvalue weighted by molar-refractivity contribution is 0.285. The summed E-state index contributed by atoms with van der Waals surface area (Å²) in [4.78, 5) is 5.13. The van der Waals surface area contributed by atoms with Gasteiger partial charge in [0, 0.05) is 12.6 Å². The zero-order valence-corrected chi connectivity index (χ0v) is 11.2. The van der Waals surface area contributed by atoms with E-state index in [0.717, 1.165) is 28.5 Å². The van der Waals surface area contributed by atoms with E-state index in [1.807, 2.05) is 12.1 Å². The predicted molar refractivity (Wildman–Crippen MR) is 73.1 cm³/mol. The molecule has 3 nitrogen and oxygen atoms in total. The monoisotopic (exact) mass is 263 g/mol. The number of thiazole rings is 1. The van der Waals surface area contributed by atoms with E-state index < -0.39 is 0 Å². The normalized spacial score (nSPS) is 10.6. The lowest BCUT2D eigenvalue weighted by Gasteiger charge is -2.06. The number of rotatable bonds is 6. The minimum atomic E-state index is 0.0665. The average molecular weight is 263 g/mol. The molecular weight excluding hydrogens is 246 g/mol. The van der Waals surface area contributed by atoms with Crippen LogP contribution in [0.3, 0.4) is 0 Å². The third kappa shape index (κ3) is 3.55. The van der Waals surface area contributed by atoms with Crippen molar-refractivity contribution in [3.05, 3.63) is 45.9 Å². The van der Waals surface area contributed by atoms with Crippen LogP contribution < -0.4 is 4.74 Å². The zero-order chi connectivity index (χ0) is 12.8. The van der Waals surface area contributed by atoms with Gasteiger partial charge in [0.15, 0.2) is 0 Å². The van der Waals surface area contributed by atoms with Crippen molar-refractivity contribution < 1.29 is 9.84 Å². The number of aryl methyl sites for hydroxylation is 1. The molecule has 1 heterocycles. The first-order chi connectivity index (χ1) is 8.81. The van der Waals surface area contributed by atoms with Crippen molar-refractivity contribution >= 4 is 11.3 Å². The highest BCUT2D eigenvalue weighted by Gasteiger charge is 2.02. The first-order valence-electron chi connectivity index (χ1n) is 6.08. The molecule has 0 unspecified atom stereocenters. The molecule has 0 amide bonds.